The molecule has 0 unspecified atom stereocenters. The van der Waals surface area contributed by atoms with Crippen LogP contribution in [0.3, 0.4) is 0 Å². The van der Waals surface area contributed by atoms with Crippen molar-refractivity contribution in [1.29, 1.82) is 0 Å². The number of carbonyl (C=O) groups is 1. The third kappa shape index (κ3) is 8.72. The van der Waals surface area contributed by atoms with E-state index in [9.17, 15) is 66.9 Å². The van der Waals surface area contributed by atoms with Gasteiger partial charge in [-0.1, -0.05) is 18.2 Å². The zero-order chi connectivity index (χ0) is 41.8. The lowest BCUT2D eigenvalue weighted by atomic mass is 10.1. The summed E-state index contributed by atoms with van der Waals surface area (Å²) < 4.78 is 136. The third-order valence-electron chi connectivity index (χ3n) is 7.69. The van der Waals surface area contributed by atoms with Crippen LogP contribution in [0.5, 0.6) is 5.75 Å². The molecule has 0 fully saturated rings. The van der Waals surface area contributed by atoms with Crippen molar-refractivity contribution in [3.8, 4) is 5.75 Å². The van der Waals surface area contributed by atoms with Crippen LogP contribution < -0.4 is 10.6 Å². The Hall–Kier alpha value is -5.97. The fraction of sp³-hybridized carbons (Fsp3) is 0. The van der Waals surface area contributed by atoms with Gasteiger partial charge in [0.2, 0.25) is 17.2 Å². The number of azo groups is 1. The van der Waals surface area contributed by atoms with Gasteiger partial charge in [-0.2, -0.15) is 53.7 Å². The Morgan fingerprint density at radius 1 is 0.632 bits per heavy atom. The molecule has 57 heavy (non-hydrogen) atoms. The van der Waals surface area contributed by atoms with Gasteiger partial charge >= 0.3 is 5.97 Å². The molecule has 0 spiro atoms. The Labute approximate surface area is 324 Å². The van der Waals surface area contributed by atoms with E-state index in [0.717, 1.165) is 36.4 Å². The van der Waals surface area contributed by atoms with Crippen LogP contribution in [0.25, 0.3) is 21.5 Å². The molecule has 0 aliphatic carbocycles. The number of nitrogens with zero attached hydrogens (tertiary/aromatic N) is 5. The smallest absolute Gasteiger partial charge is 0.337 e. The van der Waals surface area contributed by atoms with E-state index in [1.54, 1.807) is 0 Å². The van der Waals surface area contributed by atoms with Gasteiger partial charge in [-0.15, -0.1) is 5.11 Å². The number of anilines is 4. The van der Waals surface area contributed by atoms with E-state index in [2.05, 4.69) is 35.8 Å². The first-order valence-corrected chi connectivity index (χ1v) is 21.0. The molecule has 8 N–H and O–H groups in total. The summed E-state index contributed by atoms with van der Waals surface area (Å²) in [5.74, 6) is -3.79. The molecule has 1 heterocycles. The molecular weight excluding hydrogens is 862 g/mol. The summed E-state index contributed by atoms with van der Waals surface area (Å²) in [5, 5.41) is 32.6. The lowest BCUT2D eigenvalue weighted by Crippen LogP contribution is -2.09. The maximum absolute atomic E-state index is 12.5. The Bertz CT molecular complexity index is 3200. The highest BCUT2D eigenvalue weighted by molar-refractivity contribution is 7.86. The number of benzene rings is 5. The van der Waals surface area contributed by atoms with Gasteiger partial charge in [-0.25, -0.2) is 4.79 Å². The first-order valence-electron chi connectivity index (χ1n) is 14.9. The molecule has 0 aliphatic rings. The summed E-state index contributed by atoms with van der Waals surface area (Å²) in [6, 6.07) is 12.4. The fourth-order valence-corrected chi connectivity index (χ4v) is 7.87. The molecule has 0 bridgehead atoms. The zero-order valence-corrected chi connectivity index (χ0v) is 31.6. The number of hydrogen-bond acceptors (Lipinski definition) is 17. The molecule has 27 heteroatoms. The molecule has 0 radical (unpaired) electrons. The minimum Gasteiger partial charge on any atom is -0.505 e. The molecule has 22 nitrogen and oxygen atoms in total. The predicted octanol–water partition coefficient (Wildman–Crippen LogP) is 5.12. The Morgan fingerprint density at radius 3 is 1.86 bits per heavy atom. The van der Waals surface area contributed by atoms with E-state index >= 15 is 0 Å². The van der Waals surface area contributed by atoms with E-state index in [0.29, 0.717) is 17.5 Å². The molecule has 1 aromatic heterocycles. The van der Waals surface area contributed by atoms with Crippen LogP contribution in [-0.2, 0) is 40.5 Å². The van der Waals surface area contributed by atoms with Gasteiger partial charge < -0.3 is 20.8 Å². The number of nitrogens with one attached hydrogen (secondary N) is 2. The number of aromatic hydroxyl groups is 1. The summed E-state index contributed by atoms with van der Waals surface area (Å²) in [7, 11) is -19.9. The van der Waals surface area contributed by atoms with E-state index in [1.807, 2.05) is 0 Å². The molecule has 0 amide bonds. The number of phenols is 1. The quantitative estimate of drug-likeness (QED) is 0.0617. The van der Waals surface area contributed by atoms with Crippen LogP contribution in [0.1, 0.15) is 10.4 Å². The SMILES string of the molecule is O=C(O)c1cc(S(=O)(=O)O)ccc1Nc1nc(Cl)nc(Nc2cc(S(=O)(=O)O)cc3cc(S(=O)(=O)O)c(N=Nc4ccc5cccc(S(=O)(=O)O)c5c4)c(O)c23)n1. The van der Waals surface area contributed by atoms with Gasteiger partial charge in [0.1, 0.15) is 15.5 Å². The van der Waals surface area contributed by atoms with Crippen molar-refractivity contribution in [3.05, 3.63) is 83.6 Å². The second-order valence-electron chi connectivity index (χ2n) is 11.4. The van der Waals surface area contributed by atoms with Gasteiger partial charge in [0.05, 0.1) is 32.4 Å². The van der Waals surface area contributed by atoms with Crippen molar-refractivity contribution in [2.75, 3.05) is 10.6 Å². The maximum Gasteiger partial charge on any atom is 0.337 e. The van der Waals surface area contributed by atoms with Crippen molar-refractivity contribution in [2.24, 2.45) is 10.2 Å². The number of aromatic nitrogens is 3. The molecular formula is C30H20ClN7O15S4. The number of fused-ring (bicyclic) bond motifs is 2. The normalized spacial score (nSPS) is 12.6. The average Bonchev–Trinajstić information content (AvgIpc) is 3.08. The summed E-state index contributed by atoms with van der Waals surface area (Å²) in [6.07, 6.45) is 0. The van der Waals surface area contributed by atoms with Crippen molar-refractivity contribution >= 4 is 114 Å². The molecule has 0 aliphatic heterocycles. The minimum atomic E-state index is -5.30. The van der Waals surface area contributed by atoms with Crippen LogP contribution >= 0.6 is 11.6 Å². The number of aromatic carboxylic acids is 1. The number of carboxylic acids is 1. The Morgan fingerprint density at radius 2 is 1.26 bits per heavy atom. The van der Waals surface area contributed by atoms with Crippen molar-refractivity contribution in [3.63, 3.8) is 0 Å². The largest absolute Gasteiger partial charge is 0.505 e. The highest BCUT2D eigenvalue weighted by Crippen LogP contribution is 2.46. The van der Waals surface area contributed by atoms with Gasteiger partial charge in [0.25, 0.3) is 40.5 Å². The van der Waals surface area contributed by atoms with Crippen molar-refractivity contribution < 1.29 is 66.9 Å². The van der Waals surface area contributed by atoms with Crippen LogP contribution in [-0.4, -0.2) is 83.0 Å². The lowest BCUT2D eigenvalue weighted by Gasteiger charge is -2.15. The van der Waals surface area contributed by atoms with Crippen molar-refractivity contribution in [2.45, 2.75) is 19.6 Å². The molecule has 6 aromatic rings. The van der Waals surface area contributed by atoms with Gasteiger partial charge in [0, 0.05) is 10.8 Å². The molecule has 0 atom stereocenters. The average molecular weight is 882 g/mol. The second-order valence-corrected chi connectivity index (χ2v) is 17.4. The third-order valence-corrected chi connectivity index (χ3v) is 11.3. The minimum absolute atomic E-state index is 0.0161. The number of halogens is 1. The van der Waals surface area contributed by atoms with E-state index in [1.165, 1.54) is 24.3 Å². The van der Waals surface area contributed by atoms with E-state index in [4.69, 9.17) is 11.6 Å². The topological polar surface area (TPSA) is 362 Å². The standard InChI is InChI=1S/C30H20ClN7O15S4/c31-28-34-29(32-20-7-6-16(54(42,43)44)11-19(20)27(40)41)36-30(35-28)33-21-12-17(55(45,46)47)8-14-9-23(57(51,52)53)25(26(39)24(14)21)38-37-15-5-4-13-2-1-3-22(18(13)10-15)56(48,49)50/h1-12,39H,(H,40,41)(H,42,43,44)(H,45,46,47)(H,48,49,50)(H,51,52,53)(H2,32,33,34,35,36). The van der Waals surface area contributed by atoms with E-state index < -0.39 is 117 Å². The molecule has 296 valence electrons. The first kappa shape index (κ1) is 40.7. The van der Waals surface area contributed by atoms with Crippen LogP contribution in [0, 0.1) is 0 Å². The van der Waals surface area contributed by atoms with Crippen LogP contribution in [0.4, 0.5) is 34.6 Å². The maximum atomic E-state index is 12.5. The summed E-state index contributed by atoms with van der Waals surface area (Å²) in [5.41, 5.74) is -2.55. The summed E-state index contributed by atoms with van der Waals surface area (Å²) >= 11 is 6.06. The summed E-state index contributed by atoms with van der Waals surface area (Å²) in [6.45, 7) is 0. The van der Waals surface area contributed by atoms with Gasteiger partial charge in [-0.3, -0.25) is 18.2 Å². The van der Waals surface area contributed by atoms with Gasteiger partial charge in [0.15, 0.2) is 5.75 Å². The van der Waals surface area contributed by atoms with Gasteiger partial charge in [-0.05, 0) is 77.0 Å². The number of hydrogen-bond donors (Lipinski definition) is 8. The molecule has 0 saturated heterocycles. The van der Waals surface area contributed by atoms with Crippen LogP contribution in [0.15, 0.2) is 103 Å². The number of rotatable bonds is 11. The molecule has 6 rings (SSSR count). The summed E-state index contributed by atoms with van der Waals surface area (Å²) in [4.78, 5) is 20.3. The predicted molar refractivity (Wildman–Crippen MR) is 198 cm³/mol. The zero-order valence-electron chi connectivity index (χ0n) is 27.5. The van der Waals surface area contributed by atoms with E-state index in [-0.39, 0.29) is 16.8 Å². The highest BCUT2D eigenvalue weighted by Gasteiger charge is 2.26. The highest BCUT2D eigenvalue weighted by atomic mass is 35.5. The second kappa shape index (κ2) is 14.5. The first-order chi connectivity index (χ1) is 26.4. The monoisotopic (exact) mass is 881 g/mol. The van der Waals surface area contributed by atoms with Crippen molar-refractivity contribution in [1.82, 2.24) is 15.0 Å². The Balaban J connectivity index is 1.51. The lowest BCUT2D eigenvalue weighted by molar-refractivity contribution is 0.0697. The molecule has 0 saturated carbocycles. The fourth-order valence-electron chi connectivity index (χ4n) is 5.30. The number of phenolic OH excluding ortho intramolecular Hbond substituents is 1. The molecule has 5 aromatic carbocycles. The Kier molecular flexibility index (Phi) is 10.4. The van der Waals surface area contributed by atoms with Crippen LogP contribution in [0.2, 0.25) is 5.28 Å². The number of carboxylic acid groups (broad SMARTS) is 1.